The topological polar surface area (TPSA) is 90.5 Å². The van der Waals surface area contributed by atoms with Gasteiger partial charge in [0.2, 0.25) is 5.91 Å². The molecule has 0 fully saturated rings. The molecule has 0 aliphatic carbocycles. The Labute approximate surface area is 124 Å². The summed E-state index contributed by atoms with van der Waals surface area (Å²) >= 11 is 0. The first-order valence-corrected chi connectivity index (χ1v) is 6.95. The monoisotopic (exact) mass is 293 g/mol. The summed E-state index contributed by atoms with van der Waals surface area (Å²) in [6, 6.07) is 8.20. The van der Waals surface area contributed by atoms with Crippen LogP contribution >= 0.6 is 0 Å². The number of hydrogen-bond acceptors (Lipinski definition) is 3. The number of carbonyl (C=O) groups is 2. The van der Waals surface area contributed by atoms with E-state index in [0.717, 1.165) is 0 Å². The molecule has 0 aromatic heterocycles. The van der Waals surface area contributed by atoms with Gasteiger partial charge in [-0.1, -0.05) is 25.1 Å². The SMILES string of the molecule is CC[C@H](CO)NC(=O)C(C)(C)NC(=O)Nc1ccccc1. The zero-order chi connectivity index (χ0) is 15.9. The van der Waals surface area contributed by atoms with Gasteiger partial charge in [0.15, 0.2) is 0 Å². The summed E-state index contributed by atoms with van der Waals surface area (Å²) in [6.07, 6.45) is 0.620. The third kappa shape index (κ3) is 5.43. The minimum Gasteiger partial charge on any atom is -0.394 e. The number of carbonyl (C=O) groups excluding carboxylic acids is 2. The molecule has 116 valence electrons. The van der Waals surface area contributed by atoms with Gasteiger partial charge in [0.05, 0.1) is 12.6 Å². The molecule has 0 aliphatic rings. The van der Waals surface area contributed by atoms with Crippen molar-refractivity contribution in [1.82, 2.24) is 10.6 Å². The molecular formula is C15H23N3O3. The number of rotatable bonds is 6. The molecule has 21 heavy (non-hydrogen) atoms. The van der Waals surface area contributed by atoms with Crippen LogP contribution in [0.2, 0.25) is 0 Å². The number of benzene rings is 1. The van der Waals surface area contributed by atoms with Crippen molar-refractivity contribution in [3.63, 3.8) is 0 Å². The molecule has 1 atom stereocenters. The Hall–Kier alpha value is -2.08. The Morgan fingerprint density at radius 2 is 1.86 bits per heavy atom. The van der Waals surface area contributed by atoms with Gasteiger partial charge in [-0.15, -0.1) is 0 Å². The van der Waals surface area contributed by atoms with E-state index >= 15 is 0 Å². The summed E-state index contributed by atoms with van der Waals surface area (Å²) in [7, 11) is 0. The first kappa shape index (κ1) is 17.0. The van der Waals surface area contributed by atoms with Crippen molar-refractivity contribution in [2.75, 3.05) is 11.9 Å². The number of para-hydroxylation sites is 1. The maximum atomic E-state index is 12.1. The first-order chi connectivity index (χ1) is 9.89. The first-order valence-electron chi connectivity index (χ1n) is 6.95. The van der Waals surface area contributed by atoms with Crippen LogP contribution in [0.1, 0.15) is 27.2 Å². The molecule has 0 saturated heterocycles. The van der Waals surface area contributed by atoms with Crippen molar-refractivity contribution in [2.24, 2.45) is 0 Å². The van der Waals surface area contributed by atoms with Crippen molar-refractivity contribution < 1.29 is 14.7 Å². The maximum absolute atomic E-state index is 12.1. The van der Waals surface area contributed by atoms with E-state index in [1.54, 1.807) is 38.1 Å². The van der Waals surface area contributed by atoms with Gasteiger partial charge in [0, 0.05) is 5.69 Å². The smallest absolute Gasteiger partial charge is 0.320 e. The highest BCUT2D eigenvalue weighted by Crippen LogP contribution is 2.07. The zero-order valence-electron chi connectivity index (χ0n) is 12.6. The van der Waals surface area contributed by atoms with Crippen molar-refractivity contribution in [2.45, 2.75) is 38.8 Å². The molecule has 0 aliphatic heterocycles. The Bertz CT molecular complexity index is 470. The number of amides is 3. The average Bonchev–Trinajstić information content (AvgIpc) is 2.44. The molecule has 1 rings (SSSR count). The minimum atomic E-state index is -1.08. The van der Waals surface area contributed by atoms with E-state index in [1.807, 2.05) is 13.0 Å². The van der Waals surface area contributed by atoms with Crippen molar-refractivity contribution in [3.05, 3.63) is 30.3 Å². The number of nitrogens with one attached hydrogen (secondary N) is 3. The fourth-order valence-electron chi connectivity index (χ4n) is 1.67. The summed E-state index contributed by atoms with van der Waals surface area (Å²) in [5.74, 6) is -0.341. The third-order valence-electron chi connectivity index (χ3n) is 3.07. The number of urea groups is 1. The molecule has 1 aromatic rings. The highest BCUT2D eigenvalue weighted by molar-refractivity contribution is 5.95. The van der Waals surface area contributed by atoms with Gasteiger partial charge >= 0.3 is 6.03 Å². The molecule has 0 saturated carbocycles. The van der Waals surface area contributed by atoms with E-state index in [-0.39, 0.29) is 18.6 Å². The third-order valence-corrected chi connectivity index (χ3v) is 3.07. The van der Waals surface area contributed by atoms with Gasteiger partial charge in [0.25, 0.3) is 0 Å². The zero-order valence-corrected chi connectivity index (χ0v) is 12.6. The van der Waals surface area contributed by atoms with Crippen LogP contribution in [0, 0.1) is 0 Å². The van der Waals surface area contributed by atoms with E-state index < -0.39 is 11.6 Å². The summed E-state index contributed by atoms with van der Waals surface area (Å²) in [5.41, 5.74) is -0.436. The molecule has 0 heterocycles. The second-order valence-corrected chi connectivity index (χ2v) is 5.33. The van der Waals surface area contributed by atoms with Crippen LogP contribution in [-0.2, 0) is 4.79 Å². The average molecular weight is 293 g/mol. The van der Waals surface area contributed by atoms with Crippen LogP contribution in [0.15, 0.2) is 30.3 Å². The molecule has 1 aromatic carbocycles. The number of anilines is 1. The lowest BCUT2D eigenvalue weighted by molar-refractivity contribution is -0.127. The molecule has 0 radical (unpaired) electrons. The number of aliphatic hydroxyl groups excluding tert-OH is 1. The fraction of sp³-hybridized carbons (Fsp3) is 0.467. The lowest BCUT2D eigenvalue weighted by atomic mass is 10.0. The van der Waals surface area contributed by atoms with Crippen molar-refractivity contribution in [1.29, 1.82) is 0 Å². The van der Waals surface area contributed by atoms with Crippen molar-refractivity contribution in [3.8, 4) is 0 Å². The van der Waals surface area contributed by atoms with E-state index in [0.29, 0.717) is 12.1 Å². The highest BCUT2D eigenvalue weighted by atomic mass is 16.3. The van der Waals surface area contributed by atoms with E-state index in [4.69, 9.17) is 5.11 Å². The number of aliphatic hydroxyl groups is 1. The molecule has 0 spiro atoms. The largest absolute Gasteiger partial charge is 0.394 e. The minimum absolute atomic E-state index is 0.130. The Balaban J connectivity index is 2.58. The van der Waals surface area contributed by atoms with Gasteiger partial charge in [-0.2, -0.15) is 0 Å². The van der Waals surface area contributed by atoms with Crippen LogP contribution in [0.4, 0.5) is 10.5 Å². The molecule has 6 nitrogen and oxygen atoms in total. The van der Waals surface area contributed by atoms with Gasteiger partial charge in [0.1, 0.15) is 5.54 Å². The van der Waals surface area contributed by atoms with Crippen LogP contribution in [0.25, 0.3) is 0 Å². The maximum Gasteiger partial charge on any atom is 0.320 e. The second kappa shape index (κ2) is 7.64. The Morgan fingerprint density at radius 1 is 1.24 bits per heavy atom. The van der Waals surface area contributed by atoms with E-state index in [1.165, 1.54) is 0 Å². The van der Waals surface area contributed by atoms with Crippen molar-refractivity contribution >= 4 is 17.6 Å². The quantitative estimate of drug-likeness (QED) is 0.640. The summed E-state index contributed by atoms with van der Waals surface area (Å²) in [6.45, 7) is 4.95. The molecular weight excluding hydrogens is 270 g/mol. The summed E-state index contributed by atoms with van der Waals surface area (Å²) < 4.78 is 0. The van der Waals surface area contributed by atoms with E-state index in [9.17, 15) is 9.59 Å². The summed E-state index contributed by atoms with van der Waals surface area (Å²) in [4.78, 5) is 24.0. The molecule has 6 heteroatoms. The van der Waals surface area contributed by atoms with Gasteiger partial charge in [-0.05, 0) is 32.4 Å². The van der Waals surface area contributed by atoms with E-state index in [2.05, 4.69) is 16.0 Å². The van der Waals surface area contributed by atoms with Crippen LogP contribution in [0.3, 0.4) is 0 Å². The van der Waals surface area contributed by atoms with Crippen LogP contribution in [-0.4, -0.2) is 35.2 Å². The summed E-state index contributed by atoms with van der Waals surface area (Å²) in [5, 5.41) is 17.1. The lowest BCUT2D eigenvalue weighted by Crippen LogP contribution is -2.57. The highest BCUT2D eigenvalue weighted by Gasteiger charge is 2.30. The normalized spacial score (nSPS) is 12.4. The predicted octanol–water partition coefficient (Wildman–Crippen LogP) is 1.47. The Morgan fingerprint density at radius 3 is 2.38 bits per heavy atom. The molecule has 3 amide bonds. The predicted molar refractivity (Wildman–Crippen MR) is 82.0 cm³/mol. The molecule has 0 bridgehead atoms. The Kier molecular flexibility index (Phi) is 6.17. The lowest BCUT2D eigenvalue weighted by Gasteiger charge is -2.27. The molecule has 0 unspecified atom stereocenters. The molecule has 4 N–H and O–H groups in total. The second-order valence-electron chi connectivity index (χ2n) is 5.33. The fourth-order valence-corrected chi connectivity index (χ4v) is 1.67. The van der Waals surface area contributed by atoms with Gasteiger partial charge in [-0.3, -0.25) is 4.79 Å². The standard InChI is InChI=1S/C15H23N3O3/c1-4-11(10-19)16-13(20)15(2,3)18-14(21)17-12-8-6-5-7-9-12/h5-9,11,19H,4,10H2,1-3H3,(H,16,20)(H2,17,18,21)/t11-/m1/s1. The van der Waals surface area contributed by atoms with Crippen LogP contribution < -0.4 is 16.0 Å². The van der Waals surface area contributed by atoms with Gasteiger partial charge in [-0.25, -0.2) is 4.79 Å². The van der Waals surface area contributed by atoms with Gasteiger partial charge < -0.3 is 21.1 Å². The number of hydrogen-bond donors (Lipinski definition) is 4. The van der Waals surface area contributed by atoms with Crippen LogP contribution in [0.5, 0.6) is 0 Å².